The van der Waals surface area contributed by atoms with Gasteiger partial charge in [-0.2, -0.15) is 11.3 Å². The molecule has 2 nitrogen and oxygen atoms in total. The van der Waals surface area contributed by atoms with Gasteiger partial charge in [-0.05, 0) is 65.4 Å². The summed E-state index contributed by atoms with van der Waals surface area (Å²) in [5.74, 6) is 1.08. The summed E-state index contributed by atoms with van der Waals surface area (Å²) in [7, 11) is 0. The number of aryl methyl sites for hydroxylation is 1. The molecular weight excluding hydrogens is 278 g/mol. The number of nitrogens with one attached hydrogen (secondary N) is 1. The van der Waals surface area contributed by atoms with E-state index in [4.69, 9.17) is 4.74 Å². The molecule has 21 heavy (non-hydrogen) atoms. The van der Waals surface area contributed by atoms with Crippen LogP contribution in [0.5, 0.6) is 5.75 Å². The van der Waals surface area contributed by atoms with Crippen LogP contribution < -0.4 is 10.1 Å². The lowest BCUT2D eigenvalue weighted by Gasteiger charge is -2.17. The van der Waals surface area contributed by atoms with Crippen molar-refractivity contribution in [2.24, 2.45) is 0 Å². The number of rotatable bonds is 7. The summed E-state index contributed by atoms with van der Waals surface area (Å²) in [5, 5.41) is 8.11. The van der Waals surface area contributed by atoms with E-state index in [1.807, 2.05) is 0 Å². The van der Waals surface area contributed by atoms with Crippen molar-refractivity contribution in [2.45, 2.75) is 38.6 Å². The molecule has 0 spiro atoms. The van der Waals surface area contributed by atoms with Crippen LogP contribution in [-0.2, 0) is 12.8 Å². The van der Waals surface area contributed by atoms with E-state index in [1.165, 1.54) is 23.1 Å². The van der Waals surface area contributed by atoms with E-state index in [1.54, 1.807) is 11.3 Å². The van der Waals surface area contributed by atoms with Gasteiger partial charge in [-0.3, -0.25) is 0 Å². The molecule has 1 atom stereocenters. The van der Waals surface area contributed by atoms with Crippen LogP contribution in [0.4, 0.5) is 0 Å². The number of fused-ring (bicyclic) bond motifs is 1. The minimum Gasteiger partial charge on any atom is -0.493 e. The lowest BCUT2D eigenvalue weighted by atomic mass is 9.99. The highest BCUT2D eigenvalue weighted by Crippen LogP contribution is 2.28. The molecule has 2 heterocycles. The van der Waals surface area contributed by atoms with Gasteiger partial charge in [0.05, 0.1) is 6.61 Å². The zero-order valence-corrected chi connectivity index (χ0v) is 13.4. The Hall–Kier alpha value is -1.32. The summed E-state index contributed by atoms with van der Waals surface area (Å²) >= 11 is 1.78. The number of ether oxygens (including phenoxy) is 1. The molecule has 3 rings (SSSR count). The molecule has 112 valence electrons. The first-order valence-electron chi connectivity index (χ1n) is 7.87. The van der Waals surface area contributed by atoms with Crippen molar-refractivity contribution in [2.75, 3.05) is 13.2 Å². The van der Waals surface area contributed by atoms with Gasteiger partial charge in [-0.15, -0.1) is 0 Å². The molecule has 0 fully saturated rings. The smallest absolute Gasteiger partial charge is 0.122 e. The van der Waals surface area contributed by atoms with E-state index >= 15 is 0 Å². The van der Waals surface area contributed by atoms with Crippen molar-refractivity contribution >= 4 is 11.3 Å². The Labute approximate surface area is 131 Å². The maximum Gasteiger partial charge on any atom is 0.122 e. The molecule has 1 N–H and O–H groups in total. The molecule has 1 unspecified atom stereocenters. The van der Waals surface area contributed by atoms with E-state index < -0.39 is 0 Å². The van der Waals surface area contributed by atoms with Crippen molar-refractivity contribution < 1.29 is 4.74 Å². The highest BCUT2D eigenvalue weighted by Gasteiger charge is 2.14. The lowest BCUT2D eigenvalue weighted by molar-refractivity contribution is 0.357. The van der Waals surface area contributed by atoms with Gasteiger partial charge < -0.3 is 10.1 Å². The highest BCUT2D eigenvalue weighted by molar-refractivity contribution is 7.07. The molecule has 1 aromatic carbocycles. The monoisotopic (exact) mass is 301 g/mol. The molecule has 0 bridgehead atoms. The molecule has 0 saturated heterocycles. The average Bonchev–Trinajstić information content (AvgIpc) is 3.18. The largest absolute Gasteiger partial charge is 0.493 e. The molecule has 1 aliphatic rings. The summed E-state index contributed by atoms with van der Waals surface area (Å²) in [6.45, 7) is 4.14. The van der Waals surface area contributed by atoms with E-state index in [9.17, 15) is 0 Å². The highest BCUT2D eigenvalue weighted by atomic mass is 32.1. The Balaban J connectivity index is 1.63. The predicted octanol–water partition coefficient (Wildman–Crippen LogP) is 4.36. The van der Waals surface area contributed by atoms with Gasteiger partial charge in [0.2, 0.25) is 0 Å². The molecule has 2 aromatic rings. The van der Waals surface area contributed by atoms with Crippen LogP contribution in [0.1, 0.15) is 42.5 Å². The maximum atomic E-state index is 5.58. The Morgan fingerprint density at radius 2 is 2.29 bits per heavy atom. The van der Waals surface area contributed by atoms with Gasteiger partial charge in [-0.25, -0.2) is 0 Å². The van der Waals surface area contributed by atoms with Crippen LogP contribution in [0.15, 0.2) is 35.0 Å². The van der Waals surface area contributed by atoms with Crippen molar-refractivity contribution in [3.63, 3.8) is 0 Å². The van der Waals surface area contributed by atoms with Gasteiger partial charge in [0.15, 0.2) is 0 Å². The van der Waals surface area contributed by atoms with Crippen LogP contribution in [0, 0.1) is 0 Å². The van der Waals surface area contributed by atoms with E-state index in [0.29, 0.717) is 6.04 Å². The number of hydrogen-bond acceptors (Lipinski definition) is 3. The van der Waals surface area contributed by atoms with Crippen molar-refractivity contribution in [3.05, 3.63) is 51.7 Å². The van der Waals surface area contributed by atoms with Crippen molar-refractivity contribution in [1.29, 1.82) is 0 Å². The summed E-state index contributed by atoms with van der Waals surface area (Å²) < 4.78 is 5.58. The molecule has 0 amide bonds. The van der Waals surface area contributed by atoms with Crippen LogP contribution in [-0.4, -0.2) is 13.2 Å². The van der Waals surface area contributed by atoms with Crippen LogP contribution >= 0.6 is 11.3 Å². The first-order chi connectivity index (χ1) is 10.4. The second-order valence-corrected chi connectivity index (χ2v) is 6.42. The molecular formula is C18H23NOS. The van der Waals surface area contributed by atoms with Crippen molar-refractivity contribution in [1.82, 2.24) is 5.32 Å². The van der Waals surface area contributed by atoms with E-state index in [-0.39, 0.29) is 0 Å². The predicted molar refractivity (Wildman–Crippen MR) is 89.3 cm³/mol. The van der Waals surface area contributed by atoms with Gasteiger partial charge in [0.25, 0.3) is 0 Å². The lowest BCUT2D eigenvalue weighted by Crippen LogP contribution is -2.22. The van der Waals surface area contributed by atoms with Gasteiger partial charge in [0, 0.05) is 12.5 Å². The summed E-state index contributed by atoms with van der Waals surface area (Å²) in [6, 6.07) is 9.40. The Bertz CT molecular complexity index is 565. The molecule has 0 radical (unpaired) electrons. The Morgan fingerprint density at radius 3 is 3.10 bits per heavy atom. The first-order valence-corrected chi connectivity index (χ1v) is 8.81. The van der Waals surface area contributed by atoms with Crippen LogP contribution in [0.3, 0.4) is 0 Å². The standard InChI is InChI=1S/C18H23NOS/c1-2-9-19-17(16-8-11-21-13-16)5-3-14-4-6-18-15(12-14)7-10-20-18/h4,6,8,11-13,17,19H,2-3,5,7,9-10H2,1H3. The fourth-order valence-corrected chi connectivity index (χ4v) is 3.60. The van der Waals surface area contributed by atoms with Gasteiger partial charge >= 0.3 is 0 Å². The minimum atomic E-state index is 0.473. The summed E-state index contributed by atoms with van der Waals surface area (Å²) in [6.07, 6.45) is 4.50. The topological polar surface area (TPSA) is 21.3 Å². The number of benzene rings is 1. The molecule has 0 saturated carbocycles. The first kappa shape index (κ1) is 14.6. The van der Waals surface area contributed by atoms with E-state index in [0.717, 1.165) is 38.2 Å². The summed E-state index contributed by atoms with van der Waals surface area (Å²) in [4.78, 5) is 0. The molecule has 1 aromatic heterocycles. The maximum absolute atomic E-state index is 5.58. The second-order valence-electron chi connectivity index (χ2n) is 5.64. The van der Waals surface area contributed by atoms with Crippen LogP contribution in [0.2, 0.25) is 0 Å². The zero-order valence-electron chi connectivity index (χ0n) is 12.6. The van der Waals surface area contributed by atoms with Gasteiger partial charge in [-0.1, -0.05) is 19.1 Å². The second kappa shape index (κ2) is 7.10. The number of thiophene rings is 1. The fourth-order valence-electron chi connectivity index (χ4n) is 2.88. The number of hydrogen-bond donors (Lipinski definition) is 1. The van der Waals surface area contributed by atoms with Crippen LogP contribution in [0.25, 0.3) is 0 Å². The molecule has 3 heteroatoms. The quantitative estimate of drug-likeness (QED) is 0.820. The zero-order chi connectivity index (χ0) is 14.5. The Morgan fingerprint density at radius 1 is 1.33 bits per heavy atom. The molecule has 0 aliphatic carbocycles. The summed E-state index contributed by atoms with van der Waals surface area (Å²) in [5.41, 5.74) is 4.23. The fraction of sp³-hybridized carbons (Fsp3) is 0.444. The Kier molecular flexibility index (Phi) is 4.94. The van der Waals surface area contributed by atoms with E-state index in [2.05, 4.69) is 47.3 Å². The third kappa shape index (κ3) is 3.66. The third-order valence-corrected chi connectivity index (χ3v) is 4.76. The third-order valence-electron chi connectivity index (χ3n) is 4.06. The van der Waals surface area contributed by atoms with Crippen molar-refractivity contribution in [3.8, 4) is 5.75 Å². The normalized spacial score (nSPS) is 14.7. The van der Waals surface area contributed by atoms with Gasteiger partial charge in [0.1, 0.15) is 5.75 Å². The average molecular weight is 301 g/mol. The molecule has 1 aliphatic heterocycles. The minimum absolute atomic E-state index is 0.473. The SMILES string of the molecule is CCCNC(CCc1ccc2c(c1)CCO2)c1ccsc1.